The lowest BCUT2D eigenvalue weighted by Crippen LogP contribution is -2.03. The van der Waals surface area contributed by atoms with Crippen LogP contribution in [-0.4, -0.2) is 29.3 Å². The third kappa shape index (κ3) is 5.96. The van der Waals surface area contributed by atoms with Crippen LogP contribution in [0.25, 0.3) is 10.2 Å². The van der Waals surface area contributed by atoms with Crippen LogP contribution in [0.5, 0.6) is 0 Å². The van der Waals surface area contributed by atoms with Gasteiger partial charge in [-0.2, -0.15) is 21.6 Å². The standard InChI is InChI=1S/C10H8F3NOS.CH4O3S/c1-5(15)9-14-7-4-6(10(11,12)13)2-3-8(7)16-9;1-5(2,3)4/h2-5,15H,1H3;1H3,(H,2,3,4). The average molecular weight is 343 g/mol. The van der Waals surface area contributed by atoms with Gasteiger partial charge in [0, 0.05) is 0 Å². The van der Waals surface area contributed by atoms with Gasteiger partial charge in [-0.25, -0.2) is 4.98 Å². The molecule has 118 valence electrons. The summed E-state index contributed by atoms with van der Waals surface area (Å²) in [6.07, 6.45) is -4.40. The Morgan fingerprint density at radius 3 is 2.29 bits per heavy atom. The fourth-order valence-electron chi connectivity index (χ4n) is 1.30. The molecule has 1 atom stereocenters. The minimum atomic E-state index is -4.36. The van der Waals surface area contributed by atoms with Gasteiger partial charge < -0.3 is 5.11 Å². The average Bonchev–Trinajstić information content (AvgIpc) is 2.67. The van der Waals surface area contributed by atoms with Gasteiger partial charge in [-0.15, -0.1) is 11.3 Å². The van der Waals surface area contributed by atoms with Crippen molar-refractivity contribution in [2.75, 3.05) is 6.26 Å². The molecule has 0 bridgehead atoms. The molecular formula is C11H12F3NO4S2. The molecule has 0 spiro atoms. The van der Waals surface area contributed by atoms with Gasteiger partial charge in [0.2, 0.25) is 0 Å². The van der Waals surface area contributed by atoms with E-state index in [-0.39, 0.29) is 5.52 Å². The first kappa shape index (κ1) is 17.8. The predicted molar refractivity (Wildman–Crippen MR) is 72.7 cm³/mol. The molecule has 1 heterocycles. The molecule has 0 aliphatic rings. The van der Waals surface area contributed by atoms with E-state index in [1.807, 2.05) is 0 Å². The molecule has 1 unspecified atom stereocenters. The number of aliphatic hydroxyl groups is 1. The van der Waals surface area contributed by atoms with E-state index in [9.17, 15) is 26.7 Å². The molecule has 2 rings (SSSR count). The van der Waals surface area contributed by atoms with E-state index < -0.39 is 28.0 Å². The monoisotopic (exact) mass is 343 g/mol. The third-order valence-corrected chi connectivity index (χ3v) is 3.30. The van der Waals surface area contributed by atoms with Gasteiger partial charge in [-0.05, 0) is 25.1 Å². The van der Waals surface area contributed by atoms with E-state index in [0.29, 0.717) is 16.0 Å². The normalized spacial score (nSPS) is 13.7. The molecule has 5 nitrogen and oxygen atoms in total. The maximum absolute atomic E-state index is 12.4. The summed E-state index contributed by atoms with van der Waals surface area (Å²) in [5.74, 6) is 0. The highest BCUT2D eigenvalue weighted by molar-refractivity contribution is 7.85. The van der Waals surface area contributed by atoms with Gasteiger partial charge in [0.05, 0.1) is 22.0 Å². The van der Waals surface area contributed by atoms with Crippen LogP contribution in [0, 0.1) is 0 Å². The summed E-state index contributed by atoms with van der Waals surface area (Å²) in [7, 11) is -3.67. The Kier molecular flexibility index (Phi) is 5.31. The lowest BCUT2D eigenvalue weighted by molar-refractivity contribution is -0.137. The number of aromatic nitrogens is 1. The smallest absolute Gasteiger partial charge is 0.386 e. The summed E-state index contributed by atoms with van der Waals surface area (Å²) < 4.78 is 63.7. The van der Waals surface area contributed by atoms with Gasteiger partial charge in [-0.3, -0.25) is 4.55 Å². The van der Waals surface area contributed by atoms with Crippen molar-refractivity contribution in [3.8, 4) is 0 Å². The highest BCUT2D eigenvalue weighted by Gasteiger charge is 2.30. The van der Waals surface area contributed by atoms with Gasteiger partial charge in [0.15, 0.2) is 0 Å². The summed E-state index contributed by atoms with van der Waals surface area (Å²) in [5.41, 5.74) is -0.446. The second kappa shape index (κ2) is 6.26. The fourth-order valence-corrected chi connectivity index (χ4v) is 2.19. The molecule has 10 heteroatoms. The van der Waals surface area contributed by atoms with Crippen molar-refractivity contribution in [1.82, 2.24) is 4.98 Å². The zero-order valence-electron chi connectivity index (χ0n) is 10.9. The summed E-state index contributed by atoms with van der Waals surface area (Å²) in [6, 6.07) is 3.39. The van der Waals surface area contributed by atoms with Gasteiger partial charge in [0.1, 0.15) is 11.1 Å². The molecular weight excluding hydrogens is 331 g/mol. The van der Waals surface area contributed by atoms with Crippen molar-refractivity contribution in [1.29, 1.82) is 0 Å². The maximum atomic E-state index is 12.4. The minimum Gasteiger partial charge on any atom is -0.386 e. The maximum Gasteiger partial charge on any atom is 0.416 e. The SMILES string of the molecule is CC(O)c1nc2cc(C(F)(F)F)ccc2s1.CS(=O)(=O)O. The van der Waals surface area contributed by atoms with Crippen molar-refractivity contribution >= 4 is 31.7 Å². The Balaban J connectivity index is 0.000000383. The Morgan fingerprint density at radius 1 is 1.33 bits per heavy atom. The van der Waals surface area contributed by atoms with E-state index in [1.54, 1.807) is 0 Å². The zero-order chi connectivity index (χ0) is 16.4. The lowest BCUT2D eigenvalue weighted by atomic mass is 10.2. The number of rotatable bonds is 1. The summed E-state index contributed by atoms with van der Waals surface area (Å²) >= 11 is 1.20. The van der Waals surface area contributed by atoms with E-state index in [0.717, 1.165) is 12.1 Å². The summed E-state index contributed by atoms with van der Waals surface area (Å²) in [4.78, 5) is 3.95. The van der Waals surface area contributed by atoms with Crippen molar-refractivity contribution in [3.63, 3.8) is 0 Å². The first-order valence-electron chi connectivity index (χ1n) is 5.46. The molecule has 21 heavy (non-hydrogen) atoms. The van der Waals surface area contributed by atoms with Crippen LogP contribution in [0.15, 0.2) is 18.2 Å². The topological polar surface area (TPSA) is 87.5 Å². The first-order valence-corrected chi connectivity index (χ1v) is 8.12. The van der Waals surface area contributed by atoms with Crippen molar-refractivity contribution in [2.45, 2.75) is 19.2 Å². The Bertz CT molecular complexity index is 715. The summed E-state index contributed by atoms with van der Waals surface area (Å²) in [6.45, 7) is 1.53. The van der Waals surface area contributed by atoms with Crippen LogP contribution in [0.3, 0.4) is 0 Å². The number of alkyl halides is 3. The Labute approximate surface area is 122 Å². The molecule has 0 saturated carbocycles. The highest BCUT2D eigenvalue weighted by atomic mass is 32.2. The van der Waals surface area contributed by atoms with Gasteiger partial charge in [-0.1, -0.05) is 0 Å². The molecule has 0 amide bonds. The number of aliphatic hydroxyl groups excluding tert-OH is 1. The predicted octanol–water partition coefficient (Wildman–Crippen LogP) is 2.87. The molecule has 0 saturated heterocycles. The van der Waals surface area contributed by atoms with Crippen molar-refractivity contribution in [2.24, 2.45) is 0 Å². The van der Waals surface area contributed by atoms with Crippen LogP contribution < -0.4 is 0 Å². The number of hydrogen-bond donors (Lipinski definition) is 2. The van der Waals surface area contributed by atoms with Gasteiger partial charge in [0.25, 0.3) is 10.1 Å². The van der Waals surface area contributed by atoms with Crippen LogP contribution in [0.4, 0.5) is 13.2 Å². The largest absolute Gasteiger partial charge is 0.416 e. The second-order valence-electron chi connectivity index (χ2n) is 4.14. The first-order chi connectivity index (χ1) is 9.38. The summed E-state index contributed by atoms with van der Waals surface area (Å²) in [5, 5.41) is 9.70. The van der Waals surface area contributed by atoms with Gasteiger partial charge >= 0.3 is 6.18 Å². The minimum absolute atomic E-state index is 0.274. The van der Waals surface area contributed by atoms with E-state index in [2.05, 4.69) is 4.98 Å². The molecule has 2 aromatic rings. The number of fused-ring (bicyclic) bond motifs is 1. The van der Waals surface area contributed by atoms with Crippen LogP contribution >= 0.6 is 11.3 Å². The molecule has 1 aromatic carbocycles. The highest BCUT2D eigenvalue weighted by Crippen LogP contribution is 2.33. The number of hydrogen-bond acceptors (Lipinski definition) is 5. The van der Waals surface area contributed by atoms with Crippen molar-refractivity contribution in [3.05, 3.63) is 28.8 Å². The zero-order valence-corrected chi connectivity index (χ0v) is 12.6. The second-order valence-corrected chi connectivity index (χ2v) is 6.67. The number of thiazole rings is 1. The van der Waals surface area contributed by atoms with Crippen LogP contribution in [0.1, 0.15) is 23.6 Å². The molecule has 0 aliphatic heterocycles. The Hall–Kier alpha value is -1.23. The molecule has 0 fully saturated rings. The Morgan fingerprint density at radius 2 is 1.86 bits per heavy atom. The molecule has 2 N–H and O–H groups in total. The quantitative estimate of drug-likeness (QED) is 0.778. The van der Waals surface area contributed by atoms with E-state index in [4.69, 9.17) is 4.55 Å². The molecule has 1 aromatic heterocycles. The van der Waals surface area contributed by atoms with E-state index >= 15 is 0 Å². The fraction of sp³-hybridized carbons (Fsp3) is 0.364. The number of halogens is 3. The van der Waals surface area contributed by atoms with Crippen LogP contribution in [-0.2, 0) is 16.3 Å². The third-order valence-electron chi connectivity index (χ3n) is 2.09. The molecule has 0 aliphatic carbocycles. The molecule has 0 radical (unpaired) electrons. The number of benzene rings is 1. The van der Waals surface area contributed by atoms with Crippen LogP contribution in [0.2, 0.25) is 0 Å². The number of nitrogens with zero attached hydrogens (tertiary/aromatic N) is 1. The van der Waals surface area contributed by atoms with E-state index in [1.165, 1.54) is 24.3 Å². The lowest BCUT2D eigenvalue weighted by Gasteiger charge is -2.04. The van der Waals surface area contributed by atoms with Crippen molar-refractivity contribution < 1.29 is 31.2 Å².